The Morgan fingerprint density at radius 2 is 2.33 bits per heavy atom. The smallest absolute Gasteiger partial charge is 0.338 e. The van der Waals surface area contributed by atoms with Gasteiger partial charge in [0.1, 0.15) is 0 Å². The second-order valence-electron chi connectivity index (χ2n) is 3.60. The summed E-state index contributed by atoms with van der Waals surface area (Å²) in [6.45, 7) is 2.08. The monoisotopic (exact) mass is 265 g/mol. The lowest BCUT2D eigenvalue weighted by molar-refractivity contribution is 0.0526. The van der Waals surface area contributed by atoms with Crippen LogP contribution in [0.4, 0.5) is 5.69 Å². The number of rotatable bonds is 3. The number of anilines is 1. The van der Waals surface area contributed by atoms with Gasteiger partial charge in [0.2, 0.25) is 0 Å². The van der Waals surface area contributed by atoms with Crippen LogP contribution in [0.15, 0.2) is 30.6 Å². The predicted octanol–water partition coefficient (Wildman–Crippen LogP) is 2.28. The minimum absolute atomic E-state index is 0.329. The summed E-state index contributed by atoms with van der Waals surface area (Å²) >= 11 is 5.79. The highest BCUT2D eigenvalue weighted by Crippen LogP contribution is 2.20. The van der Waals surface area contributed by atoms with E-state index in [0.717, 1.165) is 0 Å². The lowest BCUT2D eigenvalue weighted by Gasteiger charge is -2.07. The van der Waals surface area contributed by atoms with Crippen molar-refractivity contribution in [2.75, 3.05) is 12.3 Å². The van der Waals surface area contributed by atoms with Crippen molar-refractivity contribution >= 4 is 23.3 Å². The summed E-state index contributed by atoms with van der Waals surface area (Å²) in [4.78, 5) is 11.5. The number of aromatic nitrogens is 2. The van der Waals surface area contributed by atoms with Gasteiger partial charge in [-0.2, -0.15) is 5.10 Å². The van der Waals surface area contributed by atoms with Crippen molar-refractivity contribution in [1.29, 1.82) is 0 Å². The van der Waals surface area contributed by atoms with Crippen molar-refractivity contribution in [3.63, 3.8) is 0 Å². The highest BCUT2D eigenvalue weighted by molar-refractivity contribution is 6.30. The normalized spacial score (nSPS) is 10.3. The van der Waals surface area contributed by atoms with E-state index in [-0.39, 0.29) is 0 Å². The Balaban J connectivity index is 2.33. The summed E-state index contributed by atoms with van der Waals surface area (Å²) in [5.41, 5.74) is 7.39. The van der Waals surface area contributed by atoms with Gasteiger partial charge in [0.15, 0.2) is 0 Å². The van der Waals surface area contributed by atoms with Gasteiger partial charge in [0, 0.05) is 6.20 Å². The van der Waals surface area contributed by atoms with Crippen molar-refractivity contribution < 1.29 is 9.53 Å². The molecule has 0 atom stereocenters. The molecule has 0 saturated carbocycles. The molecule has 0 spiro atoms. The first-order valence-electron chi connectivity index (χ1n) is 5.39. The molecule has 94 valence electrons. The summed E-state index contributed by atoms with van der Waals surface area (Å²) in [5, 5.41) is 4.56. The largest absolute Gasteiger partial charge is 0.462 e. The molecule has 0 saturated heterocycles. The third-order valence-electron chi connectivity index (χ3n) is 2.34. The molecule has 0 aliphatic rings. The Labute approximate surface area is 109 Å². The van der Waals surface area contributed by atoms with Gasteiger partial charge < -0.3 is 10.5 Å². The number of benzene rings is 1. The summed E-state index contributed by atoms with van der Waals surface area (Å²) < 4.78 is 6.44. The number of carbonyl (C=O) groups is 1. The second kappa shape index (κ2) is 5.10. The molecule has 0 unspecified atom stereocenters. The minimum atomic E-state index is -0.394. The standard InChI is InChI=1S/C12H12ClN3O2/c1-2-18-12(17)8-3-4-11(10(14)5-8)16-7-9(13)6-15-16/h3-7H,2,14H2,1H3. The van der Waals surface area contributed by atoms with Gasteiger partial charge in [0.05, 0.1) is 34.8 Å². The third-order valence-corrected chi connectivity index (χ3v) is 2.53. The molecule has 0 aliphatic carbocycles. The molecule has 0 bridgehead atoms. The molecule has 0 amide bonds. The van der Waals surface area contributed by atoms with Crippen LogP contribution in [0, 0.1) is 0 Å². The van der Waals surface area contributed by atoms with E-state index in [9.17, 15) is 4.79 Å². The van der Waals surface area contributed by atoms with Crippen LogP contribution < -0.4 is 5.73 Å². The van der Waals surface area contributed by atoms with Crippen LogP contribution in [0.25, 0.3) is 5.69 Å². The van der Waals surface area contributed by atoms with Crippen LogP contribution in [0.2, 0.25) is 5.02 Å². The van der Waals surface area contributed by atoms with Gasteiger partial charge in [-0.3, -0.25) is 0 Å². The van der Waals surface area contributed by atoms with E-state index < -0.39 is 5.97 Å². The lowest BCUT2D eigenvalue weighted by Crippen LogP contribution is -2.07. The molecule has 0 radical (unpaired) electrons. The molecule has 1 heterocycles. The maximum absolute atomic E-state index is 11.5. The Morgan fingerprint density at radius 1 is 1.56 bits per heavy atom. The summed E-state index contributed by atoms with van der Waals surface area (Å²) in [5.74, 6) is -0.394. The second-order valence-corrected chi connectivity index (χ2v) is 4.03. The fourth-order valence-electron chi connectivity index (χ4n) is 1.54. The molecule has 1 aromatic heterocycles. The van der Waals surface area contributed by atoms with Crippen molar-refractivity contribution in [1.82, 2.24) is 9.78 Å². The zero-order valence-corrected chi connectivity index (χ0v) is 10.5. The van der Waals surface area contributed by atoms with Crippen LogP contribution in [0.1, 0.15) is 17.3 Å². The highest BCUT2D eigenvalue weighted by atomic mass is 35.5. The Bertz CT molecular complexity index is 580. The van der Waals surface area contributed by atoms with E-state index in [0.29, 0.717) is 28.6 Å². The van der Waals surface area contributed by atoms with Crippen molar-refractivity contribution in [3.05, 3.63) is 41.2 Å². The first-order valence-corrected chi connectivity index (χ1v) is 5.77. The fourth-order valence-corrected chi connectivity index (χ4v) is 1.67. The number of hydrogen-bond donors (Lipinski definition) is 1. The molecule has 0 fully saturated rings. The van der Waals surface area contributed by atoms with Crippen molar-refractivity contribution in [3.8, 4) is 5.69 Å². The molecule has 18 heavy (non-hydrogen) atoms. The van der Waals surface area contributed by atoms with E-state index in [1.165, 1.54) is 6.20 Å². The SMILES string of the molecule is CCOC(=O)c1ccc(-n2cc(Cl)cn2)c(N)c1. The molecular weight excluding hydrogens is 254 g/mol. The van der Waals surface area contributed by atoms with Gasteiger partial charge in [0.25, 0.3) is 0 Å². The highest BCUT2D eigenvalue weighted by Gasteiger charge is 2.10. The van der Waals surface area contributed by atoms with Gasteiger partial charge in [-0.1, -0.05) is 11.6 Å². The van der Waals surface area contributed by atoms with E-state index in [4.69, 9.17) is 22.1 Å². The molecule has 0 aliphatic heterocycles. The first kappa shape index (κ1) is 12.4. The number of nitrogen functional groups attached to an aromatic ring is 1. The summed E-state index contributed by atoms with van der Waals surface area (Å²) in [6.07, 6.45) is 3.15. The van der Waals surface area contributed by atoms with Crippen LogP contribution in [0.5, 0.6) is 0 Å². The Hall–Kier alpha value is -2.01. The number of halogens is 1. The van der Waals surface area contributed by atoms with Crippen LogP contribution in [-0.4, -0.2) is 22.4 Å². The fraction of sp³-hybridized carbons (Fsp3) is 0.167. The number of esters is 1. The van der Waals surface area contributed by atoms with Gasteiger partial charge in [-0.15, -0.1) is 0 Å². The molecular formula is C12H12ClN3O2. The molecule has 2 rings (SSSR count). The molecule has 2 aromatic rings. The maximum atomic E-state index is 11.5. The van der Waals surface area contributed by atoms with Crippen molar-refractivity contribution in [2.24, 2.45) is 0 Å². The van der Waals surface area contributed by atoms with E-state index in [1.807, 2.05) is 0 Å². The average Bonchev–Trinajstić information content (AvgIpc) is 2.76. The van der Waals surface area contributed by atoms with E-state index in [2.05, 4.69) is 5.10 Å². The number of carbonyl (C=O) groups excluding carboxylic acids is 1. The Kier molecular flexibility index (Phi) is 3.53. The van der Waals surface area contributed by atoms with Gasteiger partial charge in [-0.25, -0.2) is 9.48 Å². The van der Waals surface area contributed by atoms with Crippen molar-refractivity contribution in [2.45, 2.75) is 6.92 Å². The maximum Gasteiger partial charge on any atom is 0.338 e. The van der Waals surface area contributed by atoms with Crippen LogP contribution in [-0.2, 0) is 4.74 Å². The zero-order valence-electron chi connectivity index (χ0n) is 9.76. The minimum Gasteiger partial charge on any atom is -0.462 e. The van der Waals surface area contributed by atoms with E-state index >= 15 is 0 Å². The Morgan fingerprint density at radius 3 is 2.89 bits per heavy atom. The number of nitrogens with two attached hydrogens (primary N) is 1. The summed E-state index contributed by atoms with van der Waals surface area (Å²) in [7, 11) is 0. The lowest BCUT2D eigenvalue weighted by atomic mass is 10.2. The third kappa shape index (κ3) is 2.46. The molecule has 6 heteroatoms. The topological polar surface area (TPSA) is 70.1 Å². The van der Waals surface area contributed by atoms with Crippen LogP contribution in [0.3, 0.4) is 0 Å². The molecule has 5 nitrogen and oxygen atoms in total. The van der Waals surface area contributed by atoms with Gasteiger partial charge in [-0.05, 0) is 25.1 Å². The zero-order chi connectivity index (χ0) is 13.1. The average molecular weight is 266 g/mol. The number of nitrogens with zero attached hydrogens (tertiary/aromatic N) is 2. The quantitative estimate of drug-likeness (QED) is 0.683. The van der Waals surface area contributed by atoms with Crippen LogP contribution >= 0.6 is 11.6 Å². The molecule has 1 aromatic carbocycles. The molecule has 2 N–H and O–H groups in total. The number of ether oxygens (including phenoxy) is 1. The predicted molar refractivity (Wildman–Crippen MR) is 68.9 cm³/mol. The first-order chi connectivity index (χ1) is 8.61. The number of hydrogen-bond acceptors (Lipinski definition) is 4. The van der Waals surface area contributed by atoms with Gasteiger partial charge >= 0.3 is 5.97 Å². The summed E-state index contributed by atoms with van der Waals surface area (Å²) in [6, 6.07) is 4.90. The van der Waals surface area contributed by atoms with E-state index in [1.54, 1.807) is 36.0 Å².